The molecular formula is C11H11BrO3. The maximum Gasteiger partial charge on any atom is 0.336 e. The highest BCUT2D eigenvalue weighted by atomic mass is 79.9. The normalized spacial score (nSPS) is 9.73. The van der Waals surface area contributed by atoms with Gasteiger partial charge in [-0.25, -0.2) is 4.79 Å². The van der Waals surface area contributed by atoms with Crippen LogP contribution in [0.15, 0.2) is 29.3 Å². The number of rotatable bonds is 4. The Kier molecular flexibility index (Phi) is 3.91. The molecule has 0 heterocycles. The number of ether oxygens (including phenoxy) is 1. The monoisotopic (exact) mass is 270 g/mol. The van der Waals surface area contributed by atoms with Crippen molar-refractivity contribution in [3.05, 3.63) is 40.4 Å². The van der Waals surface area contributed by atoms with Crippen molar-refractivity contribution in [1.29, 1.82) is 0 Å². The quantitative estimate of drug-likeness (QED) is 0.915. The lowest BCUT2D eigenvalue weighted by molar-refractivity contribution is 0.0695. The molecule has 0 aliphatic rings. The zero-order valence-corrected chi connectivity index (χ0v) is 9.87. The number of carbonyl (C=O) groups is 1. The van der Waals surface area contributed by atoms with E-state index >= 15 is 0 Å². The Bertz CT molecular complexity index is 399. The average Bonchev–Trinajstić information content (AvgIpc) is 2.15. The lowest BCUT2D eigenvalue weighted by Gasteiger charge is -2.09. The second kappa shape index (κ2) is 4.98. The fraction of sp³-hybridized carbons (Fsp3) is 0.182. The SMILES string of the molecule is C=C(Br)COc1cccc(C(=O)O)c1C. The minimum Gasteiger partial charge on any atom is -0.488 e. The minimum atomic E-state index is -0.949. The van der Waals surface area contributed by atoms with Gasteiger partial charge in [0, 0.05) is 10.0 Å². The van der Waals surface area contributed by atoms with Crippen LogP contribution in [-0.4, -0.2) is 17.7 Å². The molecular weight excluding hydrogens is 260 g/mol. The Morgan fingerprint density at radius 3 is 2.80 bits per heavy atom. The summed E-state index contributed by atoms with van der Waals surface area (Å²) in [5.74, 6) is -0.383. The minimum absolute atomic E-state index is 0.257. The van der Waals surface area contributed by atoms with Gasteiger partial charge in [-0.1, -0.05) is 28.6 Å². The lowest BCUT2D eigenvalue weighted by Crippen LogP contribution is -2.03. The summed E-state index contributed by atoms with van der Waals surface area (Å²) in [5.41, 5.74) is 0.881. The zero-order valence-electron chi connectivity index (χ0n) is 8.29. The third kappa shape index (κ3) is 3.09. The van der Waals surface area contributed by atoms with Crippen LogP contribution in [0.1, 0.15) is 15.9 Å². The van der Waals surface area contributed by atoms with E-state index in [1.165, 1.54) is 0 Å². The predicted octanol–water partition coefficient (Wildman–Crippen LogP) is 2.98. The van der Waals surface area contributed by atoms with E-state index in [-0.39, 0.29) is 5.56 Å². The van der Waals surface area contributed by atoms with Gasteiger partial charge in [-0.15, -0.1) is 0 Å². The van der Waals surface area contributed by atoms with Crippen LogP contribution < -0.4 is 4.74 Å². The molecule has 1 N–H and O–H groups in total. The van der Waals surface area contributed by atoms with Gasteiger partial charge in [0.2, 0.25) is 0 Å². The Morgan fingerprint density at radius 2 is 2.27 bits per heavy atom. The first-order valence-corrected chi connectivity index (χ1v) is 5.10. The van der Waals surface area contributed by atoms with Gasteiger partial charge in [-0.3, -0.25) is 0 Å². The molecule has 0 unspecified atom stereocenters. The van der Waals surface area contributed by atoms with Gasteiger partial charge in [-0.2, -0.15) is 0 Å². The van der Waals surface area contributed by atoms with E-state index in [1.54, 1.807) is 25.1 Å². The smallest absolute Gasteiger partial charge is 0.336 e. The maximum atomic E-state index is 10.8. The maximum absolute atomic E-state index is 10.8. The third-order valence-electron chi connectivity index (χ3n) is 1.90. The van der Waals surface area contributed by atoms with Crippen molar-refractivity contribution in [2.75, 3.05) is 6.61 Å². The highest BCUT2D eigenvalue weighted by Crippen LogP contribution is 2.22. The lowest BCUT2D eigenvalue weighted by atomic mass is 10.1. The standard InChI is InChI=1S/C11H11BrO3/c1-7(12)6-15-10-5-3-4-9(8(10)2)11(13)14/h3-5H,1,6H2,2H3,(H,13,14). The molecule has 80 valence electrons. The second-order valence-corrected chi connectivity index (χ2v) is 4.16. The van der Waals surface area contributed by atoms with Crippen molar-refractivity contribution in [1.82, 2.24) is 0 Å². The number of benzene rings is 1. The highest BCUT2D eigenvalue weighted by Gasteiger charge is 2.10. The van der Waals surface area contributed by atoms with Crippen molar-refractivity contribution in [3.63, 3.8) is 0 Å². The molecule has 3 nitrogen and oxygen atoms in total. The fourth-order valence-corrected chi connectivity index (χ4v) is 1.27. The van der Waals surface area contributed by atoms with Crippen LogP contribution in [-0.2, 0) is 0 Å². The molecule has 0 saturated heterocycles. The molecule has 0 spiro atoms. The van der Waals surface area contributed by atoms with Gasteiger partial charge >= 0.3 is 5.97 Å². The number of halogens is 1. The number of aromatic carboxylic acids is 1. The van der Waals surface area contributed by atoms with Crippen molar-refractivity contribution >= 4 is 21.9 Å². The molecule has 0 fully saturated rings. The molecule has 0 atom stereocenters. The van der Waals surface area contributed by atoms with E-state index in [1.807, 2.05) is 0 Å². The van der Waals surface area contributed by atoms with Crippen LogP contribution in [0.25, 0.3) is 0 Å². The number of carboxylic acid groups (broad SMARTS) is 1. The topological polar surface area (TPSA) is 46.5 Å². The van der Waals surface area contributed by atoms with Gasteiger partial charge in [0.25, 0.3) is 0 Å². The van der Waals surface area contributed by atoms with Crippen LogP contribution in [0.3, 0.4) is 0 Å². The van der Waals surface area contributed by atoms with E-state index in [0.717, 1.165) is 0 Å². The second-order valence-electron chi connectivity index (χ2n) is 3.04. The highest BCUT2D eigenvalue weighted by molar-refractivity contribution is 9.11. The summed E-state index contributed by atoms with van der Waals surface area (Å²) in [6.07, 6.45) is 0. The molecule has 0 saturated carbocycles. The van der Waals surface area contributed by atoms with Gasteiger partial charge in [0.1, 0.15) is 12.4 Å². The summed E-state index contributed by atoms with van der Waals surface area (Å²) in [6, 6.07) is 4.94. The van der Waals surface area contributed by atoms with Gasteiger partial charge in [0.15, 0.2) is 0 Å². The Balaban J connectivity index is 2.94. The molecule has 0 aromatic heterocycles. The van der Waals surface area contributed by atoms with Crippen LogP contribution >= 0.6 is 15.9 Å². The average molecular weight is 271 g/mol. The summed E-state index contributed by atoms with van der Waals surface area (Å²) in [6.45, 7) is 5.67. The van der Waals surface area contributed by atoms with E-state index in [9.17, 15) is 4.79 Å². The van der Waals surface area contributed by atoms with Crippen molar-refractivity contribution < 1.29 is 14.6 Å². The Labute approximate surface area is 96.5 Å². The molecule has 0 amide bonds. The van der Waals surface area contributed by atoms with Gasteiger partial charge < -0.3 is 9.84 Å². The molecule has 15 heavy (non-hydrogen) atoms. The number of hydrogen-bond donors (Lipinski definition) is 1. The van der Waals surface area contributed by atoms with E-state index in [2.05, 4.69) is 22.5 Å². The predicted molar refractivity (Wildman–Crippen MR) is 61.7 cm³/mol. The molecule has 0 aliphatic heterocycles. The summed E-state index contributed by atoms with van der Waals surface area (Å²) >= 11 is 3.17. The van der Waals surface area contributed by atoms with Crippen molar-refractivity contribution in [2.45, 2.75) is 6.92 Å². The molecule has 0 radical (unpaired) electrons. The Morgan fingerprint density at radius 1 is 1.60 bits per heavy atom. The first-order chi connectivity index (χ1) is 7.02. The molecule has 4 heteroatoms. The summed E-state index contributed by atoms with van der Waals surface area (Å²) < 4.78 is 6.09. The van der Waals surface area contributed by atoms with Crippen LogP contribution in [0.5, 0.6) is 5.75 Å². The zero-order chi connectivity index (χ0) is 11.4. The Hall–Kier alpha value is -1.29. The fourth-order valence-electron chi connectivity index (χ4n) is 1.16. The van der Waals surface area contributed by atoms with Crippen LogP contribution in [0.4, 0.5) is 0 Å². The number of carboxylic acids is 1. The molecule has 0 aliphatic carbocycles. The van der Waals surface area contributed by atoms with Crippen molar-refractivity contribution in [3.8, 4) is 5.75 Å². The van der Waals surface area contributed by atoms with E-state index < -0.39 is 5.97 Å². The molecule has 1 rings (SSSR count). The summed E-state index contributed by atoms with van der Waals surface area (Å²) in [5, 5.41) is 8.89. The largest absolute Gasteiger partial charge is 0.488 e. The van der Waals surface area contributed by atoms with Crippen molar-refractivity contribution in [2.24, 2.45) is 0 Å². The van der Waals surface area contributed by atoms with E-state index in [4.69, 9.17) is 9.84 Å². The van der Waals surface area contributed by atoms with E-state index in [0.29, 0.717) is 22.4 Å². The third-order valence-corrected chi connectivity index (χ3v) is 2.13. The number of hydrogen-bond acceptors (Lipinski definition) is 2. The molecule has 0 bridgehead atoms. The molecule has 1 aromatic carbocycles. The first-order valence-electron chi connectivity index (χ1n) is 4.31. The molecule has 1 aromatic rings. The first kappa shape index (κ1) is 11.8. The van der Waals surface area contributed by atoms with Crippen LogP contribution in [0, 0.1) is 6.92 Å². The summed E-state index contributed by atoms with van der Waals surface area (Å²) in [7, 11) is 0. The summed E-state index contributed by atoms with van der Waals surface area (Å²) in [4.78, 5) is 10.8. The van der Waals surface area contributed by atoms with Gasteiger partial charge in [0.05, 0.1) is 5.56 Å². The van der Waals surface area contributed by atoms with Crippen LogP contribution in [0.2, 0.25) is 0 Å². The van der Waals surface area contributed by atoms with Gasteiger partial charge in [-0.05, 0) is 19.1 Å².